The van der Waals surface area contributed by atoms with E-state index in [1.165, 1.54) is 22.1 Å². The Labute approximate surface area is 180 Å². The molecular weight excluding hydrogens is 429 g/mol. The molecule has 8 nitrogen and oxygen atoms in total. The van der Waals surface area contributed by atoms with Crippen molar-refractivity contribution in [3.8, 4) is 0 Å². The van der Waals surface area contributed by atoms with Crippen molar-refractivity contribution >= 4 is 33.6 Å². The first-order valence-electron chi connectivity index (χ1n) is 9.61. The quantitative estimate of drug-likeness (QED) is 0.394. The zero-order valence-corrected chi connectivity index (χ0v) is 18.8. The van der Waals surface area contributed by atoms with Crippen molar-refractivity contribution in [1.82, 2.24) is 14.3 Å². The Morgan fingerprint density at radius 2 is 1.97 bits per heavy atom. The average molecular weight is 456 g/mol. The van der Waals surface area contributed by atoms with Crippen molar-refractivity contribution in [1.29, 1.82) is 0 Å². The first-order chi connectivity index (χ1) is 14.2. The van der Waals surface area contributed by atoms with Crippen LogP contribution in [0.3, 0.4) is 0 Å². The molecule has 0 aliphatic carbocycles. The van der Waals surface area contributed by atoms with Crippen molar-refractivity contribution in [2.75, 3.05) is 29.7 Å². The van der Waals surface area contributed by atoms with E-state index in [1.807, 2.05) is 13.0 Å². The molecule has 1 fully saturated rings. The summed E-state index contributed by atoms with van der Waals surface area (Å²) in [6.07, 6.45) is 0.828. The fourth-order valence-electron chi connectivity index (χ4n) is 2.73. The highest BCUT2D eigenvalue weighted by molar-refractivity contribution is 7.98. The Morgan fingerprint density at radius 1 is 1.27 bits per heavy atom. The number of nitrogens with zero attached hydrogens (tertiary/aromatic N) is 3. The Hall–Kier alpha value is -1.95. The standard InChI is InChI=1S/C19H26FN5O3S2/c1-12-5-6-15(18(20)14(12)3)11-29-19-22-16(21-13(2)10-26)9-17(23-19)24-30(27,28)25-7-4-8-25/h5-6,9,13,26H,4,7-8,10-11H2,1-3H3,(H2,21,22,23,24). The molecule has 11 heteroatoms. The summed E-state index contributed by atoms with van der Waals surface area (Å²) in [7, 11) is -3.68. The van der Waals surface area contributed by atoms with Gasteiger partial charge in [-0.1, -0.05) is 23.9 Å². The molecule has 2 heterocycles. The molecule has 3 N–H and O–H groups in total. The Kier molecular flexibility index (Phi) is 7.17. The second-order valence-corrected chi connectivity index (χ2v) is 9.89. The molecule has 0 saturated carbocycles. The molecule has 0 amide bonds. The van der Waals surface area contributed by atoms with Gasteiger partial charge in [0.15, 0.2) is 5.16 Å². The van der Waals surface area contributed by atoms with Crippen molar-refractivity contribution < 1.29 is 17.9 Å². The average Bonchev–Trinajstić information content (AvgIpc) is 2.63. The zero-order chi connectivity index (χ0) is 21.9. The summed E-state index contributed by atoms with van der Waals surface area (Å²) in [6, 6.07) is 4.79. The van der Waals surface area contributed by atoms with Crippen LogP contribution < -0.4 is 10.0 Å². The molecule has 1 aliphatic heterocycles. The number of anilines is 2. The lowest BCUT2D eigenvalue weighted by Gasteiger charge is -2.29. The fourth-order valence-corrected chi connectivity index (χ4v) is 4.80. The Bertz CT molecular complexity index is 1020. The second-order valence-electron chi connectivity index (χ2n) is 7.28. The number of rotatable bonds is 9. The summed E-state index contributed by atoms with van der Waals surface area (Å²) in [4.78, 5) is 8.66. The third-order valence-electron chi connectivity index (χ3n) is 4.86. The van der Waals surface area contributed by atoms with E-state index in [1.54, 1.807) is 19.9 Å². The summed E-state index contributed by atoms with van der Waals surface area (Å²) >= 11 is 1.21. The normalized spacial score (nSPS) is 15.5. The van der Waals surface area contributed by atoms with Gasteiger partial charge in [0, 0.05) is 31.0 Å². The molecule has 30 heavy (non-hydrogen) atoms. The van der Waals surface area contributed by atoms with Crippen molar-refractivity contribution in [3.63, 3.8) is 0 Å². The highest BCUT2D eigenvalue weighted by Crippen LogP contribution is 2.27. The Balaban J connectivity index is 1.83. The maximum atomic E-state index is 14.5. The highest BCUT2D eigenvalue weighted by atomic mass is 32.2. The van der Waals surface area contributed by atoms with Crippen LogP contribution in [0.5, 0.6) is 0 Å². The second kappa shape index (κ2) is 9.46. The smallest absolute Gasteiger partial charge is 0.302 e. The van der Waals surface area contributed by atoms with Crippen LogP contribution in [0.2, 0.25) is 0 Å². The number of nitrogens with one attached hydrogen (secondary N) is 2. The number of aryl methyl sites for hydroxylation is 1. The summed E-state index contributed by atoms with van der Waals surface area (Å²) in [6.45, 7) is 6.19. The lowest BCUT2D eigenvalue weighted by molar-refractivity contribution is 0.281. The summed E-state index contributed by atoms with van der Waals surface area (Å²) in [5.74, 6) is 0.525. The zero-order valence-electron chi connectivity index (χ0n) is 17.1. The number of hydrogen-bond acceptors (Lipinski definition) is 7. The van der Waals surface area contributed by atoms with Crippen LogP contribution in [0.25, 0.3) is 0 Å². The Morgan fingerprint density at radius 3 is 2.60 bits per heavy atom. The molecule has 3 rings (SSSR count). The first-order valence-corrected chi connectivity index (χ1v) is 12.0. The molecule has 164 valence electrons. The monoisotopic (exact) mass is 455 g/mol. The van der Waals surface area contributed by atoms with E-state index in [4.69, 9.17) is 0 Å². The number of hydrogen-bond donors (Lipinski definition) is 3. The van der Waals surface area contributed by atoms with Crippen LogP contribution in [0.15, 0.2) is 23.4 Å². The number of aromatic nitrogens is 2. The lowest BCUT2D eigenvalue weighted by atomic mass is 10.1. The van der Waals surface area contributed by atoms with E-state index in [0.717, 1.165) is 12.0 Å². The van der Waals surface area contributed by atoms with Gasteiger partial charge in [0.05, 0.1) is 6.61 Å². The first kappa shape index (κ1) is 22.7. The van der Waals surface area contributed by atoms with Crippen LogP contribution >= 0.6 is 11.8 Å². The molecule has 2 aromatic rings. The summed E-state index contributed by atoms with van der Waals surface area (Å²) in [5, 5.41) is 12.6. The fraction of sp³-hybridized carbons (Fsp3) is 0.474. The number of aliphatic hydroxyl groups excluding tert-OH is 1. The van der Waals surface area contributed by atoms with Gasteiger partial charge < -0.3 is 10.4 Å². The molecule has 1 atom stereocenters. The molecule has 0 spiro atoms. The van der Waals surface area contributed by atoms with Crippen LogP contribution in [-0.2, 0) is 16.0 Å². The molecule has 1 aromatic carbocycles. The molecule has 1 saturated heterocycles. The predicted molar refractivity (Wildman–Crippen MR) is 116 cm³/mol. The van der Waals surface area contributed by atoms with E-state index in [2.05, 4.69) is 20.0 Å². The van der Waals surface area contributed by atoms with Gasteiger partial charge in [-0.3, -0.25) is 4.72 Å². The lowest BCUT2D eigenvalue weighted by Crippen LogP contribution is -2.45. The minimum absolute atomic E-state index is 0.116. The van der Waals surface area contributed by atoms with Gasteiger partial charge in [-0.15, -0.1) is 0 Å². The van der Waals surface area contributed by atoms with Gasteiger partial charge in [0.25, 0.3) is 0 Å². The molecule has 1 aliphatic rings. The molecule has 1 unspecified atom stereocenters. The van der Waals surface area contributed by atoms with Gasteiger partial charge in [0.1, 0.15) is 17.5 Å². The van der Waals surface area contributed by atoms with Crippen molar-refractivity contribution in [2.45, 2.75) is 44.1 Å². The largest absolute Gasteiger partial charge is 0.394 e. The summed E-state index contributed by atoms with van der Waals surface area (Å²) in [5.41, 5.74) is 2.00. The van der Waals surface area contributed by atoms with Crippen molar-refractivity contribution in [3.05, 3.63) is 40.7 Å². The number of aliphatic hydroxyl groups is 1. The van der Waals surface area contributed by atoms with Crippen LogP contribution in [-0.4, -0.2) is 53.5 Å². The maximum Gasteiger partial charge on any atom is 0.302 e. The third-order valence-corrected chi connectivity index (χ3v) is 7.26. The van der Waals surface area contributed by atoms with Gasteiger partial charge >= 0.3 is 10.2 Å². The van der Waals surface area contributed by atoms with Crippen LogP contribution in [0, 0.1) is 19.7 Å². The van der Waals surface area contributed by atoms with Crippen LogP contribution in [0.1, 0.15) is 30.0 Å². The van der Waals surface area contributed by atoms with E-state index in [-0.39, 0.29) is 24.3 Å². The number of thioether (sulfide) groups is 1. The van der Waals surface area contributed by atoms with E-state index in [0.29, 0.717) is 40.9 Å². The van der Waals surface area contributed by atoms with Gasteiger partial charge in [-0.25, -0.2) is 14.4 Å². The summed E-state index contributed by atoms with van der Waals surface area (Å²) < 4.78 is 43.1. The van der Waals surface area contributed by atoms with E-state index in [9.17, 15) is 17.9 Å². The predicted octanol–water partition coefficient (Wildman–Crippen LogP) is 2.68. The minimum atomic E-state index is -3.68. The number of benzene rings is 1. The van der Waals surface area contributed by atoms with Gasteiger partial charge in [-0.2, -0.15) is 12.7 Å². The molecule has 0 bridgehead atoms. The third kappa shape index (κ3) is 5.39. The van der Waals surface area contributed by atoms with Gasteiger partial charge in [-0.05, 0) is 43.9 Å². The highest BCUT2D eigenvalue weighted by Gasteiger charge is 2.28. The topological polar surface area (TPSA) is 107 Å². The van der Waals surface area contributed by atoms with Crippen molar-refractivity contribution in [2.24, 2.45) is 0 Å². The maximum absolute atomic E-state index is 14.5. The SMILES string of the molecule is Cc1ccc(CSc2nc(NC(C)CO)cc(NS(=O)(=O)N3CCC3)n2)c(F)c1C. The van der Waals surface area contributed by atoms with Gasteiger partial charge in [0.2, 0.25) is 0 Å². The molecule has 1 aromatic heterocycles. The van der Waals surface area contributed by atoms with E-state index >= 15 is 0 Å². The van der Waals surface area contributed by atoms with E-state index < -0.39 is 10.2 Å². The number of halogens is 1. The molecular formula is C19H26FN5O3S2. The molecule has 0 radical (unpaired) electrons. The van der Waals surface area contributed by atoms with Crippen LogP contribution in [0.4, 0.5) is 16.0 Å². The minimum Gasteiger partial charge on any atom is -0.394 e.